The van der Waals surface area contributed by atoms with Crippen molar-refractivity contribution in [3.05, 3.63) is 70.0 Å². The van der Waals surface area contributed by atoms with Crippen molar-refractivity contribution in [2.75, 3.05) is 26.2 Å². The SMILES string of the molecule is Cl.O=C(/C=C/c1ccc([N+](=O)[O-])o1)N1CCN(Cc2ccccc2)CC1. The van der Waals surface area contributed by atoms with Crippen molar-refractivity contribution in [2.45, 2.75) is 6.54 Å². The van der Waals surface area contributed by atoms with Crippen LogP contribution in [0.4, 0.5) is 5.88 Å². The minimum absolute atomic E-state index is 0. The quantitative estimate of drug-likeness (QED) is 0.454. The van der Waals surface area contributed by atoms with Crippen molar-refractivity contribution >= 4 is 30.3 Å². The first-order valence-electron chi connectivity index (χ1n) is 8.09. The van der Waals surface area contributed by atoms with Gasteiger partial charge in [0.05, 0.1) is 6.07 Å². The molecule has 7 nitrogen and oxygen atoms in total. The number of amides is 1. The van der Waals surface area contributed by atoms with Gasteiger partial charge in [0.1, 0.15) is 10.7 Å². The van der Waals surface area contributed by atoms with E-state index in [-0.39, 0.29) is 24.2 Å². The van der Waals surface area contributed by atoms with Crippen LogP contribution in [0.3, 0.4) is 0 Å². The van der Waals surface area contributed by atoms with E-state index in [1.165, 1.54) is 29.8 Å². The van der Waals surface area contributed by atoms with Crippen LogP contribution in [-0.2, 0) is 11.3 Å². The molecule has 0 radical (unpaired) electrons. The minimum atomic E-state index is -0.606. The van der Waals surface area contributed by atoms with Crippen LogP contribution in [-0.4, -0.2) is 46.8 Å². The fraction of sp³-hybridized carbons (Fsp3) is 0.278. The van der Waals surface area contributed by atoms with Crippen LogP contribution in [0.2, 0.25) is 0 Å². The van der Waals surface area contributed by atoms with E-state index in [0.29, 0.717) is 18.8 Å². The molecule has 26 heavy (non-hydrogen) atoms. The Labute approximate surface area is 157 Å². The number of halogens is 1. The van der Waals surface area contributed by atoms with Gasteiger partial charge < -0.3 is 9.32 Å². The number of hydrogen-bond donors (Lipinski definition) is 0. The summed E-state index contributed by atoms with van der Waals surface area (Å²) in [6.45, 7) is 3.85. The molecule has 0 atom stereocenters. The highest BCUT2D eigenvalue weighted by atomic mass is 35.5. The lowest BCUT2D eigenvalue weighted by Crippen LogP contribution is -2.47. The third-order valence-corrected chi connectivity index (χ3v) is 4.12. The molecule has 1 saturated heterocycles. The van der Waals surface area contributed by atoms with Crippen LogP contribution < -0.4 is 0 Å². The molecule has 0 unspecified atom stereocenters. The molecule has 1 aliphatic heterocycles. The number of nitrogens with zero attached hydrogens (tertiary/aromatic N) is 3. The molecule has 1 aromatic carbocycles. The van der Waals surface area contributed by atoms with Crippen molar-refractivity contribution in [3.8, 4) is 0 Å². The summed E-state index contributed by atoms with van der Waals surface area (Å²) < 4.78 is 5.00. The fourth-order valence-electron chi connectivity index (χ4n) is 2.76. The monoisotopic (exact) mass is 377 g/mol. The molecule has 0 saturated carbocycles. The summed E-state index contributed by atoms with van der Waals surface area (Å²) in [6.07, 6.45) is 2.86. The summed E-state index contributed by atoms with van der Waals surface area (Å²) >= 11 is 0. The predicted molar refractivity (Wildman–Crippen MR) is 99.9 cm³/mol. The van der Waals surface area contributed by atoms with Crippen molar-refractivity contribution in [1.29, 1.82) is 0 Å². The Balaban J connectivity index is 0.00000243. The maximum Gasteiger partial charge on any atom is 0.433 e. The van der Waals surface area contributed by atoms with Crippen molar-refractivity contribution in [1.82, 2.24) is 9.80 Å². The zero-order chi connectivity index (χ0) is 17.6. The Bertz CT molecular complexity index is 768. The van der Waals surface area contributed by atoms with Gasteiger partial charge >= 0.3 is 5.88 Å². The van der Waals surface area contributed by atoms with Gasteiger partial charge in [-0.25, -0.2) is 0 Å². The lowest BCUT2D eigenvalue weighted by molar-refractivity contribution is -0.402. The summed E-state index contributed by atoms with van der Waals surface area (Å²) in [4.78, 5) is 26.3. The summed E-state index contributed by atoms with van der Waals surface area (Å²) in [5.41, 5.74) is 1.27. The maximum atomic E-state index is 12.2. The molecule has 1 aromatic heterocycles. The first kappa shape index (κ1) is 19.7. The van der Waals surface area contributed by atoms with Crippen LogP contribution in [0.1, 0.15) is 11.3 Å². The molecule has 2 aromatic rings. The van der Waals surface area contributed by atoms with Gasteiger partial charge in [0.15, 0.2) is 0 Å². The van der Waals surface area contributed by atoms with Gasteiger partial charge in [-0.1, -0.05) is 30.3 Å². The number of carbonyl (C=O) groups is 1. The van der Waals surface area contributed by atoms with Gasteiger partial charge in [-0.05, 0) is 17.7 Å². The second-order valence-electron chi connectivity index (χ2n) is 5.85. The van der Waals surface area contributed by atoms with Gasteiger partial charge in [0.2, 0.25) is 5.91 Å². The largest absolute Gasteiger partial charge is 0.433 e. The zero-order valence-corrected chi connectivity index (χ0v) is 14.9. The van der Waals surface area contributed by atoms with E-state index >= 15 is 0 Å². The van der Waals surface area contributed by atoms with E-state index in [9.17, 15) is 14.9 Å². The van der Waals surface area contributed by atoms with Gasteiger partial charge in [-0.2, -0.15) is 0 Å². The standard InChI is InChI=1S/C18H19N3O4.ClH/c22-17(8-6-16-7-9-18(25-16)21(23)24)20-12-10-19(11-13-20)14-15-4-2-1-3-5-15;/h1-9H,10-14H2;1H/b8-6+;. The highest BCUT2D eigenvalue weighted by Gasteiger charge is 2.19. The molecule has 0 N–H and O–H groups in total. The Morgan fingerprint density at radius 3 is 2.42 bits per heavy atom. The molecular formula is C18H20ClN3O4. The minimum Gasteiger partial charge on any atom is -0.401 e. The number of benzene rings is 1. The number of rotatable bonds is 5. The zero-order valence-electron chi connectivity index (χ0n) is 14.1. The van der Waals surface area contributed by atoms with Gasteiger partial charge in [-0.15, -0.1) is 12.4 Å². The lowest BCUT2D eigenvalue weighted by Gasteiger charge is -2.34. The average molecular weight is 378 g/mol. The number of piperazine rings is 1. The fourth-order valence-corrected chi connectivity index (χ4v) is 2.76. The van der Waals surface area contributed by atoms with E-state index in [0.717, 1.165) is 19.6 Å². The van der Waals surface area contributed by atoms with Crippen LogP contribution in [0, 0.1) is 10.1 Å². The predicted octanol–water partition coefficient (Wildman–Crippen LogP) is 2.97. The number of hydrogen-bond acceptors (Lipinski definition) is 5. The van der Waals surface area contributed by atoms with Crippen molar-refractivity contribution in [3.63, 3.8) is 0 Å². The highest BCUT2D eigenvalue weighted by molar-refractivity contribution is 5.91. The van der Waals surface area contributed by atoms with Crippen molar-refractivity contribution < 1.29 is 14.1 Å². The molecule has 0 spiro atoms. The molecule has 1 amide bonds. The second kappa shape index (κ2) is 9.17. The van der Waals surface area contributed by atoms with Crippen LogP contribution >= 0.6 is 12.4 Å². The van der Waals surface area contributed by atoms with Gasteiger partial charge in [0.25, 0.3) is 0 Å². The molecule has 1 fully saturated rings. The van der Waals surface area contributed by atoms with Crippen LogP contribution in [0.25, 0.3) is 6.08 Å². The third kappa shape index (κ3) is 5.18. The van der Waals surface area contributed by atoms with Crippen LogP contribution in [0.15, 0.2) is 53.0 Å². The topological polar surface area (TPSA) is 79.8 Å². The highest BCUT2D eigenvalue weighted by Crippen LogP contribution is 2.17. The number of furan rings is 1. The molecular weight excluding hydrogens is 358 g/mol. The summed E-state index contributed by atoms with van der Waals surface area (Å²) in [6, 6.07) is 13.0. The first-order chi connectivity index (χ1) is 12.1. The van der Waals surface area contributed by atoms with Gasteiger partial charge in [0, 0.05) is 38.8 Å². The number of nitro groups is 1. The average Bonchev–Trinajstić information content (AvgIpc) is 3.11. The molecule has 0 bridgehead atoms. The van der Waals surface area contributed by atoms with Crippen LogP contribution in [0.5, 0.6) is 0 Å². The molecule has 3 rings (SSSR count). The Morgan fingerprint density at radius 1 is 1.12 bits per heavy atom. The lowest BCUT2D eigenvalue weighted by atomic mass is 10.2. The first-order valence-corrected chi connectivity index (χ1v) is 8.09. The molecule has 8 heteroatoms. The molecule has 2 heterocycles. The van der Waals surface area contributed by atoms with E-state index in [1.54, 1.807) is 4.90 Å². The van der Waals surface area contributed by atoms with E-state index in [1.807, 2.05) is 18.2 Å². The summed E-state index contributed by atoms with van der Waals surface area (Å²) in [5, 5.41) is 10.6. The Morgan fingerprint density at radius 2 is 1.81 bits per heavy atom. The number of carbonyl (C=O) groups excluding carboxylic acids is 1. The third-order valence-electron chi connectivity index (χ3n) is 4.12. The van der Waals surface area contributed by atoms with E-state index in [4.69, 9.17) is 4.42 Å². The van der Waals surface area contributed by atoms with Gasteiger partial charge in [-0.3, -0.25) is 19.8 Å². The smallest absolute Gasteiger partial charge is 0.401 e. The molecule has 0 aliphatic carbocycles. The van der Waals surface area contributed by atoms with E-state index < -0.39 is 4.92 Å². The molecule has 138 valence electrons. The Hall–Kier alpha value is -2.64. The summed E-state index contributed by atoms with van der Waals surface area (Å²) in [5.74, 6) is -0.150. The summed E-state index contributed by atoms with van der Waals surface area (Å²) in [7, 11) is 0. The second-order valence-corrected chi connectivity index (χ2v) is 5.85. The van der Waals surface area contributed by atoms with Crippen molar-refractivity contribution in [2.24, 2.45) is 0 Å². The normalized spacial score (nSPS) is 15.0. The maximum absolute atomic E-state index is 12.2. The van der Waals surface area contributed by atoms with E-state index in [2.05, 4.69) is 17.0 Å². The molecule has 1 aliphatic rings. The Kier molecular flexibility index (Phi) is 6.94.